The molecule has 10 nitrogen and oxygen atoms in total. The highest BCUT2D eigenvalue weighted by Crippen LogP contribution is 2.37. The molecule has 2 saturated heterocycles. The lowest BCUT2D eigenvalue weighted by Gasteiger charge is -2.49. The molecular weight excluding hydrogens is 466 g/mol. The van der Waals surface area contributed by atoms with E-state index in [9.17, 15) is 9.35 Å². The predicted molar refractivity (Wildman–Crippen MR) is 137 cm³/mol. The van der Waals surface area contributed by atoms with Crippen molar-refractivity contribution in [1.29, 1.82) is 0 Å². The van der Waals surface area contributed by atoms with Gasteiger partial charge < -0.3 is 24.8 Å². The molecule has 2 aliphatic heterocycles. The summed E-state index contributed by atoms with van der Waals surface area (Å²) in [5.74, 6) is 2.75. The van der Waals surface area contributed by atoms with Gasteiger partial charge in [0.1, 0.15) is 22.6 Å². The number of fused-ring (bicyclic) bond motifs is 3. The highest BCUT2D eigenvalue weighted by atomic mass is 32.2. The summed E-state index contributed by atoms with van der Waals surface area (Å²) in [6, 6.07) is 6.24. The Balaban J connectivity index is 1.43. The van der Waals surface area contributed by atoms with E-state index in [0.717, 1.165) is 54.5 Å². The fraction of sp³-hybridized carbons (Fsp3) is 0.500. The van der Waals surface area contributed by atoms with Crippen LogP contribution in [0, 0.1) is 6.92 Å². The zero-order valence-corrected chi connectivity index (χ0v) is 20.9. The number of amides is 1. The first-order chi connectivity index (χ1) is 16.9. The van der Waals surface area contributed by atoms with Gasteiger partial charge in [0.2, 0.25) is 5.91 Å². The van der Waals surface area contributed by atoms with E-state index in [1.165, 1.54) is 0 Å². The van der Waals surface area contributed by atoms with Gasteiger partial charge in [-0.25, -0.2) is 4.98 Å². The molecule has 0 aromatic carbocycles. The first kappa shape index (κ1) is 23.7. The number of pyridine rings is 2. The van der Waals surface area contributed by atoms with Gasteiger partial charge in [0.05, 0.1) is 18.8 Å². The molecule has 2 unspecified atom stereocenters. The Morgan fingerprint density at radius 2 is 2.03 bits per heavy atom. The zero-order chi connectivity index (χ0) is 24.5. The third-order valence-corrected chi connectivity index (χ3v) is 7.45. The second-order valence-electron chi connectivity index (χ2n) is 9.40. The number of ether oxygens (including phenoxy) is 1. The van der Waals surface area contributed by atoms with Gasteiger partial charge in [-0.15, -0.1) is 0 Å². The smallest absolute Gasteiger partial charge is 0.238 e. The number of carbonyl (C=O) groups excluding carboxylic acids is 1. The van der Waals surface area contributed by atoms with E-state index < -0.39 is 5.25 Å². The first-order valence-electron chi connectivity index (χ1n) is 12.0. The monoisotopic (exact) mass is 497 g/mol. The molecule has 2 bridgehead atoms. The minimum absolute atomic E-state index is 0.0312. The van der Waals surface area contributed by atoms with Crippen molar-refractivity contribution in [2.45, 2.75) is 69.3 Å². The molecule has 0 saturated carbocycles. The lowest BCUT2D eigenvalue weighted by molar-refractivity contribution is -0.140. The molecule has 4 atom stereocenters. The van der Waals surface area contributed by atoms with E-state index in [1.54, 1.807) is 20.2 Å². The molecule has 2 aliphatic rings. The van der Waals surface area contributed by atoms with Gasteiger partial charge in [-0.05, 0) is 52.0 Å². The lowest BCUT2D eigenvalue weighted by Crippen LogP contribution is -2.58. The highest BCUT2D eigenvalue weighted by Gasteiger charge is 2.42. The summed E-state index contributed by atoms with van der Waals surface area (Å²) in [5, 5.41) is 14.5. The van der Waals surface area contributed by atoms with Crippen LogP contribution in [0.4, 0.5) is 17.5 Å². The largest absolute Gasteiger partial charge is 0.495 e. The third-order valence-electron chi connectivity index (χ3n) is 6.93. The van der Waals surface area contributed by atoms with Crippen LogP contribution in [-0.2, 0) is 4.79 Å². The summed E-state index contributed by atoms with van der Waals surface area (Å²) in [4.78, 5) is 24.4. The maximum atomic E-state index is 12.9. The van der Waals surface area contributed by atoms with Crippen molar-refractivity contribution in [2.75, 3.05) is 17.7 Å². The molecule has 0 spiro atoms. The molecule has 3 aromatic heterocycles. The van der Waals surface area contributed by atoms with E-state index in [4.69, 9.17) is 9.72 Å². The van der Waals surface area contributed by atoms with Crippen LogP contribution in [-0.4, -0.2) is 66.0 Å². The van der Waals surface area contributed by atoms with Crippen LogP contribution in [0.1, 0.15) is 44.7 Å². The van der Waals surface area contributed by atoms with Crippen molar-refractivity contribution in [2.24, 2.45) is 0 Å². The number of aromatic amines is 1. The average molecular weight is 498 g/mol. The van der Waals surface area contributed by atoms with Gasteiger partial charge in [-0.2, -0.15) is 5.10 Å². The van der Waals surface area contributed by atoms with Crippen molar-refractivity contribution in [3.05, 3.63) is 30.1 Å². The molecule has 11 heteroatoms. The summed E-state index contributed by atoms with van der Waals surface area (Å²) in [6.07, 6.45) is 6.45. The molecule has 0 radical (unpaired) electrons. The van der Waals surface area contributed by atoms with Gasteiger partial charge in [0.15, 0.2) is 5.82 Å². The maximum absolute atomic E-state index is 12.9. The topological polar surface area (TPSA) is 128 Å². The van der Waals surface area contributed by atoms with Crippen LogP contribution >= 0.6 is 12.0 Å². The van der Waals surface area contributed by atoms with Crippen molar-refractivity contribution in [3.63, 3.8) is 0 Å². The Morgan fingerprint density at radius 1 is 1.26 bits per heavy atom. The number of anilines is 3. The number of aromatic nitrogens is 4. The average Bonchev–Trinajstić information content (AvgIpc) is 3.26. The van der Waals surface area contributed by atoms with Crippen molar-refractivity contribution in [1.82, 2.24) is 25.1 Å². The summed E-state index contributed by atoms with van der Waals surface area (Å²) >= 11 is 0.627. The zero-order valence-electron chi connectivity index (χ0n) is 20.1. The first-order valence-corrected chi connectivity index (χ1v) is 12.8. The van der Waals surface area contributed by atoms with Crippen LogP contribution in [0.25, 0.3) is 10.9 Å². The van der Waals surface area contributed by atoms with E-state index in [0.29, 0.717) is 29.4 Å². The number of rotatable bonds is 7. The number of hydrogen-bond acceptors (Lipinski definition) is 9. The lowest BCUT2D eigenvalue weighted by atomic mass is 9.81. The molecule has 4 N–H and O–H groups in total. The minimum Gasteiger partial charge on any atom is -0.495 e. The molecule has 1 amide bonds. The highest BCUT2D eigenvalue weighted by molar-refractivity contribution is 7.95. The predicted octanol–water partition coefficient (Wildman–Crippen LogP) is 4.33. The number of carbonyl (C=O) groups is 1. The normalized spacial score (nSPS) is 22.6. The van der Waals surface area contributed by atoms with Gasteiger partial charge in [0.25, 0.3) is 0 Å². The fourth-order valence-corrected chi connectivity index (χ4v) is 5.52. The van der Waals surface area contributed by atoms with Gasteiger partial charge in [-0.1, -0.05) is 0 Å². The molecular formula is C24H31N7O3S. The molecule has 5 heterocycles. The number of aryl methyl sites for hydroxylation is 1. The van der Waals surface area contributed by atoms with Gasteiger partial charge >= 0.3 is 0 Å². The molecule has 35 heavy (non-hydrogen) atoms. The molecule has 3 aromatic rings. The Labute approximate surface area is 208 Å². The maximum Gasteiger partial charge on any atom is 0.238 e. The summed E-state index contributed by atoms with van der Waals surface area (Å²) in [5.41, 5.74) is 1.75. The SMILES string of the molecule is COc1cnc2cc(Nc3cc(C)[nH]n3)nc(NC3C[C@H]4CCC[C@@H](C3)N4C(=O)C(C)SO)c2c1. The summed E-state index contributed by atoms with van der Waals surface area (Å²) in [7, 11) is 1.62. The van der Waals surface area contributed by atoms with Crippen molar-refractivity contribution < 1.29 is 14.1 Å². The number of methoxy groups -OCH3 is 1. The molecule has 0 aliphatic carbocycles. The Morgan fingerprint density at radius 3 is 2.69 bits per heavy atom. The van der Waals surface area contributed by atoms with Crippen LogP contribution < -0.4 is 15.4 Å². The van der Waals surface area contributed by atoms with Gasteiger partial charge in [0, 0.05) is 53.4 Å². The molecule has 186 valence electrons. The van der Waals surface area contributed by atoms with E-state index >= 15 is 0 Å². The standard InChI is InChI=1S/C24H31N7O3S/c1-13-7-22(30-29-13)27-21-11-20-19(10-18(34-3)12-25-20)23(28-21)26-15-8-16-5-4-6-17(9-15)31(16)24(32)14(2)35-33/h7,10-12,14-17,33H,4-6,8-9H2,1-3H3,(H3,26,27,28,29,30)/t14?,15?,16-,17+. The van der Waals surface area contributed by atoms with Crippen LogP contribution in [0.5, 0.6) is 5.75 Å². The van der Waals surface area contributed by atoms with E-state index in [-0.39, 0.29) is 24.0 Å². The summed E-state index contributed by atoms with van der Waals surface area (Å²) in [6.45, 7) is 3.71. The Bertz CT molecular complexity index is 1210. The third kappa shape index (κ3) is 4.87. The summed E-state index contributed by atoms with van der Waals surface area (Å²) < 4.78 is 14.9. The van der Waals surface area contributed by atoms with Crippen LogP contribution in [0.2, 0.25) is 0 Å². The number of hydrogen-bond donors (Lipinski definition) is 4. The second kappa shape index (κ2) is 9.90. The van der Waals surface area contributed by atoms with Crippen LogP contribution in [0.3, 0.4) is 0 Å². The second-order valence-corrected chi connectivity index (χ2v) is 10.3. The Hall–Kier alpha value is -3.05. The van der Waals surface area contributed by atoms with Crippen molar-refractivity contribution >= 4 is 46.3 Å². The van der Waals surface area contributed by atoms with E-state index in [2.05, 4.69) is 25.8 Å². The minimum atomic E-state index is -0.444. The molecule has 5 rings (SSSR count). The number of nitrogens with one attached hydrogen (secondary N) is 3. The quantitative estimate of drug-likeness (QED) is 0.353. The van der Waals surface area contributed by atoms with Crippen molar-refractivity contribution in [3.8, 4) is 5.75 Å². The number of piperidine rings is 2. The molecule has 2 fully saturated rings. The van der Waals surface area contributed by atoms with Gasteiger partial charge in [-0.3, -0.25) is 14.9 Å². The fourth-order valence-electron chi connectivity index (χ4n) is 5.31. The van der Waals surface area contributed by atoms with Crippen LogP contribution in [0.15, 0.2) is 24.4 Å². The Kier molecular flexibility index (Phi) is 6.70. The number of nitrogens with zero attached hydrogens (tertiary/aromatic N) is 4. The number of H-pyrrole nitrogens is 1. The van der Waals surface area contributed by atoms with E-state index in [1.807, 2.05) is 30.0 Å².